The minimum Gasteiger partial charge on any atom is -0.453 e. The summed E-state index contributed by atoms with van der Waals surface area (Å²) < 4.78 is 20.3. The highest BCUT2D eigenvalue weighted by molar-refractivity contribution is 9.10. The molecule has 20 heavy (non-hydrogen) atoms. The van der Waals surface area contributed by atoms with Gasteiger partial charge in [0.2, 0.25) is 0 Å². The second-order valence-corrected chi connectivity index (χ2v) is 5.37. The molecular weight excluding hydrogens is 397 g/mol. The smallest absolute Gasteiger partial charge is 0.180 e. The predicted octanol–water partition coefficient (Wildman–Crippen LogP) is 3.63. The molecule has 0 aliphatic heterocycles. The number of halogens is 3. The van der Waals surface area contributed by atoms with Gasteiger partial charge in [0.1, 0.15) is 5.75 Å². The molecule has 0 amide bonds. The minimum absolute atomic E-state index is 0.00809. The van der Waals surface area contributed by atoms with E-state index in [9.17, 15) is 4.39 Å². The Labute approximate surface area is 130 Å². The number of ether oxygens (including phenoxy) is 1. The molecule has 0 spiro atoms. The Kier molecular flexibility index (Phi) is 4.56. The molecule has 1 aromatic heterocycles. The number of hydrogen-bond donors (Lipinski definition) is 2. The molecule has 0 bridgehead atoms. The van der Waals surface area contributed by atoms with Gasteiger partial charge in [0, 0.05) is 16.2 Å². The Morgan fingerprint density at radius 1 is 1.35 bits per heavy atom. The van der Waals surface area contributed by atoms with Crippen molar-refractivity contribution in [1.82, 2.24) is 4.98 Å². The summed E-state index contributed by atoms with van der Waals surface area (Å²) in [6.45, 7) is 0. The van der Waals surface area contributed by atoms with Crippen LogP contribution in [0.2, 0.25) is 0 Å². The number of nitrogens with two attached hydrogens (primary N) is 1. The first-order valence-electron chi connectivity index (χ1n) is 5.27. The number of oxime groups is 1. The van der Waals surface area contributed by atoms with Crippen molar-refractivity contribution in [2.24, 2.45) is 10.9 Å². The maximum absolute atomic E-state index is 14.1. The molecular formula is C12H8Br2FN3O2. The van der Waals surface area contributed by atoms with Crippen molar-refractivity contribution >= 4 is 37.7 Å². The average molecular weight is 405 g/mol. The first-order chi connectivity index (χ1) is 9.52. The molecule has 3 N–H and O–H groups in total. The highest BCUT2D eigenvalue weighted by Gasteiger charge is 2.15. The molecule has 2 rings (SSSR count). The first-order valence-corrected chi connectivity index (χ1v) is 6.86. The lowest BCUT2D eigenvalue weighted by atomic mass is 10.2. The predicted molar refractivity (Wildman–Crippen MR) is 78.6 cm³/mol. The van der Waals surface area contributed by atoms with E-state index in [1.165, 1.54) is 18.3 Å². The lowest BCUT2D eigenvalue weighted by Crippen LogP contribution is -2.14. The zero-order valence-corrected chi connectivity index (χ0v) is 13.0. The quantitative estimate of drug-likeness (QED) is 0.354. The molecule has 2 aromatic rings. The highest BCUT2D eigenvalue weighted by atomic mass is 79.9. The van der Waals surface area contributed by atoms with Gasteiger partial charge in [-0.05, 0) is 50.1 Å². The monoisotopic (exact) mass is 403 g/mol. The molecule has 0 aliphatic carbocycles. The van der Waals surface area contributed by atoms with Crippen molar-refractivity contribution in [3.8, 4) is 11.5 Å². The van der Waals surface area contributed by atoms with Gasteiger partial charge < -0.3 is 15.7 Å². The van der Waals surface area contributed by atoms with Crippen LogP contribution in [0.15, 0.2) is 44.7 Å². The lowest BCUT2D eigenvalue weighted by Gasteiger charge is -2.10. The van der Waals surface area contributed by atoms with Crippen LogP contribution < -0.4 is 10.5 Å². The molecule has 8 heteroatoms. The summed E-state index contributed by atoms with van der Waals surface area (Å²) in [4.78, 5) is 3.91. The Balaban J connectivity index is 2.37. The molecule has 0 saturated carbocycles. The maximum atomic E-state index is 14.1. The SMILES string of the molecule is N/C(=N/O)c1ccc(Oc2cncc(Br)c2)c(F)c1Br. The van der Waals surface area contributed by atoms with Crippen LogP contribution in [0.3, 0.4) is 0 Å². The summed E-state index contributed by atoms with van der Waals surface area (Å²) >= 11 is 6.29. The van der Waals surface area contributed by atoms with Crippen molar-refractivity contribution in [2.75, 3.05) is 0 Å². The summed E-state index contributed by atoms with van der Waals surface area (Å²) in [7, 11) is 0. The summed E-state index contributed by atoms with van der Waals surface area (Å²) in [5.41, 5.74) is 5.66. The van der Waals surface area contributed by atoms with Crippen LogP contribution in [0.5, 0.6) is 11.5 Å². The second-order valence-electron chi connectivity index (χ2n) is 3.67. The van der Waals surface area contributed by atoms with Gasteiger partial charge in [-0.1, -0.05) is 5.16 Å². The Morgan fingerprint density at radius 3 is 2.75 bits per heavy atom. The van der Waals surface area contributed by atoms with Crippen LogP contribution in [0.1, 0.15) is 5.56 Å². The molecule has 0 saturated heterocycles. The summed E-state index contributed by atoms with van der Waals surface area (Å²) in [6, 6.07) is 4.51. The lowest BCUT2D eigenvalue weighted by molar-refractivity contribution is 0.318. The van der Waals surface area contributed by atoms with Gasteiger partial charge in [-0.15, -0.1) is 0 Å². The van der Waals surface area contributed by atoms with E-state index < -0.39 is 5.82 Å². The fraction of sp³-hybridized carbons (Fsp3) is 0. The van der Waals surface area contributed by atoms with Crippen molar-refractivity contribution in [2.45, 2.75) is 0 Å². The van der Waals surface area contributed by atoms with Crippen molar-refractivity contribution in [1.29, 1.82) is 0 Å². The van der Waals surface area contributed by atoms with Gasteiger partial charge in [-0.25, -0.2) is 4.39 Å². The zero-order valence-electron chi connectivity index (χ0n) is 9.85. The fourth-order valence-corrected chi connectivity index (χ4v) is 2.31. The van der Waals surface area contributed by atoms with Gasteiger partial charge >= 0.3 is 0 Å². The molecule has 104 valence electrons. The standard InChI is InChI=1S/C12H8Br2FN3O2/c13-6-3-7(5-17-4-6)20-9-2-1-8(12(16)18-19)10(14)11(9)15/h1-5,19H,(H2,16,18). The number of pyridine rings is 1. The largest absolute Gasteiger partial charge is 0.453 e. The van der Waals surface area contributed by atoms with Crippen LogP contribution in [0.25, 0.3) is 0 Å². The van der Waals surface area contributed by atoms with Crippen LogP contribution >= 0.6 is 31.9 Å². The van der Waals surface area contributed by atoms with E-state index in [0.29, 0.717) is 10.2 Å². The van der Waals surface area contributed by atoms with Crippen LogP contribution in [0.4, 0.5) is 4.39 Å². The number of amidine groups is 1. The fourth-order valence-electron chi connectivity index (χ4n) is 1.44. The summed E-state index contributed by atoms with van der Waals surface area (Å²) in [6.07, 6.45) is 3.04. The summed E-state index contributed by atoms with van der Waals surface area (Å²) in [5.74, 6) is -0.492. The van der Waals surface area contributed by atoms with E-state index in [1.807, 2.05) is 0 Å². The van der Waals surface area contributed by atoms with E-state index in [2.05, 4.69) is 42.0 Å². The van der Waals surface area contributed by atoms with Gasteiger partial charge in [-0.3, -0.25) is 4.98 Å². The molecule has 5 nitrogen and oxygen atoms in total. The highest BCUT2D eigenvalue weighted by Crippen LogP contribution is 2.32. The topological polar surface area (TPSA) is 80.7 Å². The summed E-state index contributed by atoms with van der Waals surface area (Å²) in [5, 5.41) is 11.4. The third kappa shape index (κ3) is 3.07. The molecule has 0 aliphatic rings. The Bertz CT molecular complexity index is 680. The number of rotatable bonds is 3. The third-order valence-corrected chi connectivity index (χ3v) is 3.55. The molecule has 0 unspecified atom stereocenters. The minimum atomic E-state index is -0.658. The van der Waals surface area contributed by atoms with Crippen molar-refractivity contribution < 1.29 is 14.3 Å². The zero-order chi connectivity index (χ0) is 14.7. The first kappa shape index (κ1) is 14.7. The molecule has 1 aromatic carbocycles. The number of benzene rings is 1. The van der Waals surface area contributed by atoms with Crippen LogP contribution in [-0.4, -0.2) is 16.0 Å². The van der Waals surface area contributed by atoms with Gasteiger partial charge in [0.15, 0.2) is 17.4 Å². The molecule has 0 fully saturated rings. The number of hydrogen-bond acceptors (Lipinski definition) is 4. The Hall–Kier alpha value is -1.67. The number of nitrogens with zero attached hydrogens (tertiary/aromatic N) is 2. The molecule has 0 atom stereocenters. The van der Waals surface area contributed by atoms with E-state index in [1.54, 1.807) is 12.3 Å². The van der Waals surface area contributed by atoms with E-state index in [-0.39, 0.29) is 21.6 Å². The van der Waals surface area contributed by atoms with Crippen LogP contribution in [-0.2, 0) is 0 Å². The molecule has 1 heterocycles. The van der Waals surface area contributed by atoms with Crippen LogP contribution in [0, 0.1) is 5.82 Å². The van der Waals surface area contributed by atoms with E-state index in [0.717, 1.165) is 0 Å². The van der Waals surface area contributed by atoms with E-state index in [4.69, 9.17) is 15.7 Å². The van der Waals surface area contributed by atoms with Crippen molar-refractivity contribution in [3.05, 3.63) is 50.9 Å². The number of aromatic nitrogens is 1. The maximum Gasteiger partial charge on any atom is 0.180 e. The van der Waals surface area contributed by atoms with Gasteiger partial charge in [0.05, 0.1) is 10.7 Å². The van der Waals surface area contributed by atoms with Gasteiger partial charge in [0.25, 0.3) is 0 Å². The van der Waals surface area contributed by atoms with Crippen molar-refractivity contribution in [3.63, 3.8) is 0 Å². The van der Waals surface area contributed by atoms with Gasteiger partial charge in [-0.2, -0.15) is 0 Å². The normalized spacial score (nSPS) is 11.4. The molecule has 0 radical (unpaired) electrons. The van der Waals surface area contributed by atoms with E-state index >= 15 is 0 Å². The Morgan fingerprint density at radius 2 is 2.10 bits per heavy atom. The second kappa shape index (κ2) is 6.19. The third-order valence-electron chi connectivity index (χ3n) is 2.34. The average Bonchev–Trinajstić information content (AvgIpc) is 2.43.